The number of furan rings is 1. The Morgan fingerprint density at radius 2 is 1.92 bits per heavy atom. The van der Waals surface area contributed by atoms with Crippen LogP contribution in [0.4, 0.5) is 5.82 Å². The second-order valence-electron chi connectivity index (χ2n) is 7.92. The minimum Gasteiger partial charge on any atom is -0.464 e. The molecule has 2 atom stereocenters. The second-order valence-corrected chi connectivity index (χ2v) is 7.92. The molecule has 0 bridgehead atoms. The largest absolute Gasteiger partial charge is 0.464 e. The highest BCUT2D eigenvalue weighted by molar-refractivity contribution is 5.39. The van der Waals surface area contributed by atoms with E-state index in [1.54, 1.807) is 0 Å². The van der Waals surface area contributed by atoms with Gasteiger partial charge in [0.05, 0.1) is 6.54 Å². The number of aromatic nitrogens is 1. The van der Waals surface area contributed by atoms with Crippen molar-refractivity contribution in [1.29, 1.82) is 0 Å². The molecule has 4 heteroatoms. The second kappa shape index (κ2) is 7.20. The van der Waals surface area contributed by atoms with E-state index in [0.29, 0.717) is 5.92 Å². The highest BCUT2D eigenvalue weighted by Gasteiger charge is 2.36. The van der Waals surface area contributed by atoms with Gasteiger partial charge in [0.25, 0.3) is 0 Å². The van der Waals surface area contributed by atoms with Crippen molar-refractivity contribution < 1.29 is 4.42 Å². The molecule has 25 heavy (non-hydrogen) atoms. The van der Waals surface area contributed by atoms with E-state index < -0.39 is 0 Å². The van der Waals surface area contributed by atoms with Gasteiger partial charge in [-0.2, -0.15) is 0 Å². The van der Waals surface area contributed by atoms with E-state index in [9.17, 15) is 0 Å². The Hall–Kier alpha value is -1.81. The molecule has 0 radical (unpaired) electrons. The highest BCUT2D eigenvalue weighted by Crippen LogP contribution is 2.47. The molecule has 2 aromatic rings. The first-order valence-electron chi connectivity index (χ1n) is 9.68. The fourth-order valence-electron chi connectivity index (χ4n) is 3.68. The summed E-state index contributed by atoms with van der Waals surface area (Å²) < 4.78 is 5.94. The normalized spacial score (nSPS) is 23.8. The molecule has 2 fully saturated rings. The first-order valence-corrected chi connectivity index (χ1v) is 9.68. The minimum atomic E-state index is 0.656. The fraction of sp³-hybridized carbons (Fsp3) is 0.571. The summed E-state index contributed by atoms with van der Waals surface area (Å²) in [4.78, 5) is 7.06. The van der Waals surface area contributed by atoms with Crippen LogP contribution in [0.2, 0.25) is 0 Å². The predicted octanol–water partition coefficient (Wildman–Crippen LogP) is 4.32. The van der Waals surface area contributed by atoms with Crippen molar-refractivity contribution in [3.8, 4) is 0 Å². The van der Waals surface area contributed by atoms with Crippen LogP contribution in [0.15, 0.2) is 34.9 Å². The van der Waals surface area contributed by atoms with Crippen LogP contribution in [-0.2, 0) is 13.1 Å². The van der Waals surface area contributed by atoms with E-state index in [-0.39, 0.29) is 0 Å². The molecule has 1 aliphatic heterocycles. The Bertz CT molecular complexity index is 685. The Balaban J connectivity index is 1.25. The average Bonchev–Trinajstić information content (AvgIpc) is 3.17. The van der Waals surface area contributed by atoms with Crippen molar-refractivity contribution in [2.75, 3.05) is 18.0 Å². The number of pyridine rings is 1. The van der Waals surface area contributed by atoms with E-state index >= 15 is 0 Å². The van der Waals surface area contributed by atoms with E-state index in [2.05, 4.69) is 53.3 Å². The molecule has 2 aliphatic rings. The quantitative estimate of drug-likeness (QED) is 0.851. The van der Waals surface area contributed by atoms with Crippen LogP contribution in [0.25, 0.3) is 0 Å². The Kier molecular flexibility index (Phi) is 4.80. The van der Waals surface area contributed by atoms with Gasteiger partial charge >= 0.3 is 0 Å². The molecule has 2 aromatic heterocycles. The van der Waals surface area contributed by atoms with Gasteiger partial charge in [-0.15, -0.1) is 0 Å². The molecule has 4 nitrogen and oxygen atoms in total. The zero-order chi connectivity index (χ0) is 17.2. The van der Waals surface area contributed by atoms with Gasteiger partial charge in [-0.05, 0) is 54.9 Å². The fourth-order valence-corrected chi connectivity index (χ4v) is 3.68. The number of nitrogens with zero attached hydrogens (tertiary/aromatic N) is 2. The summed E-state index contributed by atoms with van der Waals surface area (Å²) in [5.74, 6) is 5.60. The number of nitrogens with one attached hydrogen (secondary N) is 1. The third-order valence-electron chi connectivity index (χ3n) is 5.70. The summed E-state index contributed by atoms with van der Waals surface area (Å²) in [7, 11) is 0. The lowest BCUT2D eigenvalue weighted by atomic mass is 9.99. The summed E-state index contributed by atoms with van der Waals surface area (Å²) >= 11 is 0. The lowest BCUT2D eigenvalue weighted by Gasteiger charge is -2.31. The van der Waals surface area contributed by atoms with Gasteiger partial charge in [0.15, 0.2) is 0 Å². The number of rotatable bonds is 6. The van der Waals surface area contributed by atoms with E-state index in [1.807, 2.05) is 6.20 Å². The Morgan fingerprint density at radius 1 is 1.12 bits per heavy atom. The van der Waals surface area contributed by atoms with Crippen molar-refractivity contribution in [1.82, 2.24) is 10.3 Å². The predicted molar refractivity (Wildman–Crippen MR) is 101 cm³/mol. The molecule has 2 unspecified atom stereocenters. The van der Waals surface area contributed by atoms with Gasteiger partial charge in [0.1, 0.15) is 17.3 Å². The van der Waals surface area contributed by atoms with Crippen LogP contribution >= 0.6 is 0 Å². The smallest absolute Gasteiger partial charge is 0.128 e. The van der Waals surface area contributed by atoms with E-state index in [0.717, 1.165) is 55.4 Å². The van der Waals surface area contributed by atoms with Crippen LogP contribution in [0.3, 0.4) is 0 Å². The number of hydrogen-bond acceptors (Lipinski definition) is 4. The van der Waals surface area contributed by atoms with Crippen molar-refractivity contribution >= 4 is 5.82 Å². The molecule has 0 aromatic carbocycles. The maximum Gasteiger partial charge on any atom is 0.128 e. The molecule has 134 valence electrons. The van der Waals surface area contributed by atoms with Crippen LogP contribution in [0.1, 0.15) is 56.1 Å². The monoisotopic (exact) mass is 339 g/mol. The van der Waals surface area contributed by atoms with Crippen LogP contribution in [0.5, 0.6) is 0 Å². The Morgan fingerprint density at radius 3 is 2.60 bits per heavy atom. The first-order chi connectivity index (χ1) is 12.2. The van der Waals surface area contributed by atoms with Crippen molar-refractivity contribution in [3.63, 3.8) is 0 Å². The molecule has 1 saturated heterocycles. The van der Waals surface area contributed by atoms with Gasteiger partial charge in [0, 0.05) is 31.7 Å². The van der Waals surface area contributed by atoms with Gasteiger partial charge in [-0.1, -0.05) is 19.9 Å². The molecule has 1 N–H and O–H groups in total. The van der Waals surface area contributed by atoms with E-state index in [4.69, 9.17) is 4.42 Å². The third kappa shape index (κ3) is 4.06. The van der Waals surface area contributed by atoms with Gasteiger partial charge < -0.3 is 14.6 Å². The van der Waals surface area contributed by atoms with Crippen LogP contribution in [-0.4, -0.2) is 18.1 Å². The minimum absolute atomic E-state index is 0.656. The van der Waals surface area contributed by atoms with Crippen molar-refractivity contribution in [2.45, 2.75) is 52.1 Å². The lowest BCUT2D eigenvalue weighted by Crippen LogP contribution is -2.33. The summed E-state index contributed by atoms with van der Waals surface area (Å²) in [5, 5.41) is 3.46. The van der Waals surface area contributed by atoms with Gasteiger partial charge in [-0.25, -0.2) is 4.98 Å². The molecule has 3 heterocycles. The summed E-state index contributed by atoms with van der Waals surface area (Å²) in [6, 6.07) is 8.59. The van der Waals surface area contributed by atoms with Crippen LogP contribution in [0, 0.1) is 11.8 Å². The first kappa shape index (κ1) is 16.6. The average molecular weight is 339 g/mol. The van der Waals surface area contributed by atoms with Crippen molar-refractivity contribution in [3.05, 3.63) is 47.5 Å². The zero-order valence-electron chi connectivity index (χ0n) is 15.4. The molecule has 0 amide bonds. The maximum absolute atomic E-state index is 5.94. The molecular formula is C21H29N3O. The topological polar surface area (TPSA) is 41.3 Å². The summed E-state index contributed by atoms with van der Waals surface area (Å²) in [6.07, 6.45) is 5.82. The number of anilines is 1. The molecule has 4 rings (SSSR count). The number of hydrogen-bond donors (Lipinski definition) is 1. The zero-order valence-corrected chi connectivity index (χ0v) is 15.4. The van der Waals surface area contributed by atoms with Crippen LogP contribution < -0.4 is 10.2 Å². The number of piperidine rings is 1. The summed E-state index contributed by atoms with van der Waals surface area (Å²) in [6.45, 7) is 8.48. The van der Waals surface area contributed by atoms with Crippen molar-refractivity contribution in [2.24, 2.45) is 11.8 Å². The SMILES string of the molecule is CC1CCN(c2ccc(CNCc3ccc(C4CC4C)o3)cn2)CC1. The Labute approximate surface area is 150 Å². The lowest BCUT2D eigenvalue weighted by molar-refractivity contribution is 0.436. The van der Waals surface area contributed by atoms with Gasteiger partial charge in [-0.3, -0.25) is 0 Å². The molecule has 1 saturated carbocycles. The highest BCUT2D eigenvalue weighted by atomic mass is 16.3. The standard InChI is InChI=1S/C21H29N3O/c1-15-7-9-24(10-8-15)21-6-3-17(13-23-21)12-22-14-18-4-5-20(25-18)19-11-16(19)2/h3-6,13,15-16,19,22H,7-12,14H2,1-2H3. The molecule has 1 aliphatic carbocycles. The molecule has 0 spiro atoms. The van der Waals surface area contributed by atoms with E-state index in [1.165, 1.54) is 24.8 Å². The molecular weight excluding hydrogens is 310 g/mol. The third-order valence-corrected chi connectivity index (χ3v) is 5.70. The van der Waals surface area contributed by atoms with Gasteiger partial charge in [0.2, 0.25) is 0 Å². The summed E-state index contributed by atoms with van der Waals surface area (Å²) in [5.41, 5.74) is 1.22. The maximum atomic E-state index is 5.94.